The van der Waals surface area contributed by atoms with Crippen LogP contribution >= 0.6 is 0 Å². The van der Waals surface area contributed by atoms with E-state index in [1.807, 2.05) is 0 Å². The summed E-state index contributed by atoms with van der Waals surface area (Å²) in [4.78, 5) is 27.8. The lowest BCUT2D eigenvalue weighted by molar-refractivity contribution is -0.343. The monoisotopic (exact) mass is 516 g/mol. The molecule has 0 amide bonds. The van der Waals surface area contributed by atoms with E-state index in [0.717, 1.165) is 0 Å². The van der Waals surface area contributed by atoms with Crippen LogP contribution in [0.2, 0.25) is 0 Å². The van der Waals surface area contributed by atoms with Gasteiger partial charge in [0.25, 0.3) is 0 Å². The van der Waals surface area contributed by atoms with Crippen molar-refractivity contribution in [3.8, 4) is 0 Å². The van der Waals surface area contributed by atoms with Crippen LogP contribution in [0.3, 0.4) is 0 Å². The third-order valence-electron chi connectivity index (χ3n) is 9.86. The quantitative estimate of drug-likeness (QED) is 0.344. The Balaban J connectivity index is 1.79. The van der Waals surface area contributed by atoms with E-state index >= 15 is 0 Å². The molecule has 1 heterocycles. The molecule has 37 heavy (non-hydrogen) atoms. The number of esters is 1. The first-order valence-corrected chi connectivity index (χ1v) is 12.7. The number of aliphatic hydroxyl groups is 4. The van der Waals surface area contributed by atoms with Crippen LogP contribution in [0.1, 0.15) is 50.9 Å². The van der Waals surface area contributed by atoms with Gasteiger partial charge in [-0.1, -0.05) is 32.0 Å². The van der Waals surface area contributed by atoms with Gasteiger partial charge in [0.2, 0.25) is 0 Å². The fourth-order valence-corrected chi connectivity index (χ4v) is 7.45. The Morgan fingerprint density at radius 1 is 1.11 bits per heavy atom. The van der Waals surface area contributed by atoms with Crippen molar-refractivity contribution in [3.63, 3.8) is 0 Å². The van der Waals surface area contributed by atoms with Crippen LogP contribution in [0.4, 0.5) is 0 Å². The first kappa shape index (κ1) is 26.5. The molecule has 2 bridgehead atoms. The van der Waals surface area contributed by atoms with Crippen molar-refractivity contribution in [1.29, 1.82) is 0 Å². The minimum atomic E-state index is -1.94. The number of aliphatic hydroxyl groups excluding tert-OH is 2. The number of ether oxygens (including phenoxy) is 3. The number of hydrogen-bond acceptors (Lipinski definition) is 9. The predicted octanol–water partition coefficient (Wildman–Crippen LogP) is 1.17. The van der Waals surface area contributed by atoms with Gasteiger partial charge >= 0.3 is 5.97 Å². The summed E-state index contributed by atoms with van der Waals surface area (Å²) in [6.07, 6.45) is -6.15. The number of ketones is 1. The summed E-state index contributed by atoms with van der Waals surface area (Å²) in [6.45, 7) is 6.52. The van der Waals surface area contributed by atoms with Crippen LogP contribution in [0, 0.1) is 16.7 Å². The second kappa shape index (κ2) is 8.43. The summed E-state index contributed by atoms with van der Waals surface area (Å²) >= 11 is 0. The summed E-state index contributed by atoms with van der Waals surface area (Å²) in [5.41, 5.74) is -5.42. The SMILES string of the molecule is CO[C@H]1C(=O)[C@@]2(C)[C@H]([C@H](OC(=O)c3ccccc3)[C@]3(O)C[C@H](O)C(C)=C1C3(C)C)[C@]1(O)CO[C@@H]1C[C@@H]2O. The van der Waals surface area contributed by atoms with Gasteiger partial charge in [-0.25, -0.2) is 4.79 Å². The van der Waals surface area contributed by atoms with E-state index in [1.165, 1.54) is 14.0 Å². The van der Waals surface area contributed by atoms with Crippen molar-refractivity contribution < 1.29 is 44.2 Å². The average molecular weight is 517 g/mol. The van der Waals surface area contributed by atoms with Crippen LogP contribution in [0.5, 0.6) is 0 Å². The van der Waals surface area contributed by atoms with Crippen molar-refractivity contribution in [2.24, 2.45) is 16.7 Å². The maximum absolute atomic E-state index is 14.4. The van der Waals surface area contributed by atoms with Crippen LogP contribution < -0.4 is 0 Å². The normalized spacial score (nSPS) is 44.6. The highest BCUT2D eigenvalue weighted by molar-refractivity contribution is 5.94. The fourth-order valence-electron chi connectivity index (χ4n) is 7.45. The summed E-state index contributed by atoms with van der Waals surface area (Å²) in [7, 11) is 1.37. The smallest absolute Gasteiger partial charge is 0.338 e. The van der Waals surface area contributed by atoms with Crippen LogP contribution in [-0.2, 0) is 19.0 Å². The second-order valence-electron chi connectivity index (χ2n) is 11.8. The van der Waals surface area contributed by atoms with E-state index in [9.17, 15) is 30.0 Å². The van der Waals surface area contributed by atoms with E-state index < -0.39 is 70.2 Å². The van der Waals surface area contributed by atoms with Gasteiger partial charge in [0.05, 0.1) is 35.9 Å². The zero-order valence-electron chi connectivity index (χ0n) is 21.8. The van der Waals surface area contributed by atoms with Crippen LogP contribution in [0.15, 0.2) is 41.5 Å². The number of fused-ring (bicyclic) bond motifs is 5. The molecule has 202 valence electrons. The molecular weight excluding hydrogens is 480 g/mol. The van der Waals surface area contributed by atoms with Gasteiger partial charge < -0.3 is 34.6 Å². The fraction of sp³-hybridized carbons (Fsp3) is 0.643. The molecule has 9 heteroatoms. The molecule has 4 aliphatic rings. The second-order valence-corrected chi connectivity index (χ2v) is 11.8. The van der Waals surface area contributed by atoms with Gasteiger partial charge in [0.1, 0.15) is 23.4 Å². The Morgan fingerprint density at radius 2 is 1.76 bits per heavy atom. The van der Waals surface area contributed by atoms with Crippen LogP contribution in [-0.4, -0.2) is 87.6 Å². The zero-order valence-corrected chi connectivity index (χ0v) is 21.8. The average Bonchev–Trinajstić information content (AvgIpc) is 2.86. The molecule has 1 aromatic carbocycles. The number of carbonyl (C=O) groups excluding carboxylic acids is 2. The Bertz CT molecular complexity index is 1150. The highest BCUT2D eigenvalue weighted by atomic mass is 16.6. The molecular formula is C28H36O9. The van der Waals surface area contributed by atoms with Gasteiger partial charge in [-0.3, -0.25) is 4.79 Å². The molecule has 1 saturated heterocycles. The molecule has 2 saturated carbocycles. The van der Waals surface area contributed by atoms with Crippen molar-refractivity contribution in [2.45, 2.75) is 82.3 Å². The Kier molecular flexibility index (Phi) is 6.03. The molecule has 9 atom stereocenters. The number of benzene rings is 1. The number of carbonyl (C=O) groups is 2. The standard InChI is InChI=1S/C28H36O9/c1-14-16(29)12-28(34)23(37-24(32)15-9-7-6-8-10-15)21-26(4,17(30)11-18-27(21,33)13-36-18)22(31)20(35-5)19(14)25(28,2)3/h6-10,16-18,20-21,23,29-30,33-34H,11-13H2,1-5H3/t16-,17-,18+,20+,21-,23-,26+,27-,28+/m0/s1. The van der Waals surface area contributed by atoms with Crippen molar-refractivity contribution in [1.82, 2.24) is 0 Å². The summed E-state index contributed by atoms with van der Waals surface area (Å²) in [6, 6.07) is 8.23. The number of Topliss-reactive ketones (excluding diaryl/α,β-unsaturated/α-hetero) is 1. The first-order valence-electron chi connectivity index (χ1n) is 12.7. The highest BCUT2D eigenvalue weighted by Gasteiger charge is 2.76. The van der Waals surface area contributed by atoms with Gasteiger partial charge in [-0.2, -0.15) is 0 Å². The maximum atomic E-state index is 14.4. The van der Waals surface area contributed by atoms with E-state index in [0.29, 0.717) is 11.1 Å². The largest absolute Gasteiger partial charge is 0.455 e. The maximum Gasteiger partial charge on any atom is 0.338 e. The van der Waals surface area contributed by atoms with Crippen molar-refractivity contribution in [3.05, 3.63) is 47.0 Å². The lowest BCUT2D eigenvalue weighted by Gasteiger charge is -2.67. The van der Waals surface area contributed by atoms with E-state index in [1.54, 1.807) is 51.1 Å². The molecule has 1 aromatic rings. The van der Waals surface area contributed by atoms with E-state index in [2.05, 4.69) is 0 Å². The third kappa shape index (κ3) is 3.31. The molecule has 0 unspecified atom stereocenters. The van der Waals surface area contributed by atoms with E-state index in [4.69, 9.17) is 14.2 Å². The third-order valence-corrected chi connectivity index (χ3v) is 9.86. The van der Waals surface area contributed by atoms with Gasteiger partial charge in [-0.15, -0.1) is 0 Å². The molecule has 9 nitrogen and oxygen atoms in total. The number of hydrogen-bond donors (Lipinski definition) is 4. The van der Waals surface area contributed by atoms with Gasteiger partial charge in [-0.05, 0) is 37.1 Å². The Labute approximate surface area is 216 Å². The minimum absolute atomic E-state index is 0.00645. The molecule has 0 spiro atoms. The number of methoxy groups -OCH3 is 1. The molecule has 1 aliphatic heterocycles. The number of rotatable bonds is 3. The summed E-state index contributed by atoms with van der Waals surface area (Å²) in [5, 5.41) is 47.1. The predicted molar refractivity (Wildman–Crippen MR) is 130 cm³/mol. The molecule has 4 N–H and O–H groups in total. The molecule has 0 radical (unpaired) electrons. The topological polar surface area (TPSA) is 143 Å². The summed E-state index contributed by atoms with van der Waals surface area (Å²) in [5.74, 6) is -2.52. The molecule has 3 fully saturated rings. The zero-order chi connectivity index (χ0) is 27.1. The lowest BCUT2D eigenvalue weighted by atomic mass is 9.44. The first-order chi connectivity index (χ1) is 17.2. The summed E-state index contributed by atoms with van der Waals surface area (Å²) < 4.78 is 17.4. The van der Waals surface area contributed by atoms with Crippen LogP contribution in [0.25, 0.3) is 0 Å². The Hall–Kier alpha value is -2.14. The van der Waals surface area contributed by atoms with Gasteiger partial charge in [0, 0.05) is 31.3 Å². The van der Waals surface area contributed by atoms with Crippen molar-refractivity contribution >= 4 is 11.8 Å². The molecule has 5 rings (SSSR count). The highest BCUT2D eigenvalue weighted by Crippen LogP contribution is 2.63. The Morgan fingerprint density at radius 3 is 2.32 bits per heavy atom. The van der Waals surface area contributed by atoms with Gasteiger partial charge in [0.15, 0.2) is 5.78 Å². The van der Waals surface area contributed by atoms with Crippen molar-refractivity contribution in [2.75, 3.05) is 13.7 Å². The molecule has 3 aliphatic carbocycles. The minimum Gasteiger partial charge on any atom is -0.455 e. The van der Waals surface area contributed by atoms with E-state index in [-0.39, 0.29) is 25.0 Å². The molecule has 0 aromatic heterocycles. The lowest BCUT2D eigenvalue weighted by Crippen LogP contribution is -2.81.